The van der Waals surface area contributed by atoms with Gasteiger partial charge in [-0.1, -0.05) is 29.8 Å². The molecular weight excluding hydrogens is 275 g/mol. The zero-order valence-corrected chi connectivity index (χ0v) is 12.3. The van der Waals surface area contributed by atoms with Gasteiger partial charge in [0.2, 0.25) is 0 Å². The molecule has 0 amide bonds. The van der Waals surface area contributed by atoms with Crippen molar-refractivity contribution < 1.29 is 13.2 Å². The molecule has 0 aromatic heterocycles. The van der Waals surface area contributed by atoms with Crippen molar-refractivity contribution in [1.29, 1.82) is 0 Å². The molecule has 1 atom stereocenters. The van der Waals surface area contributed by atoms with Gasteiger partial charge < -0.3 is 5.73 Å². The van der Waals surface area contributed by atoms with Gasteiger partial charge in [0, 0.05) is 0 Å². The molecule has 4 heteroatoms. The van der Waals surface area contributed by atoms with Crippen molar-refractivity contribution in [1.82, 2.24) is 0 Å². The van der Waals surface area contributed by atoms with Crippen molar-refractivity contribution in [3.63, 3.8) is 0 Å². The maximum Gasteiger partial charge on any atom is 0.416 e. The van der Waals surface area contributed by atoms with Crippen LogP contribution in [-0.2, 0) is 6.18 Å². The first-order chi connectivity index (χ1) is 9.70. The van der Waals surface area contributed by atoms with Crippen LogP contribution in [0.5, 0.6) is 0 Å². The molecule has 0 saturated carbocycles. The quantitative estimate of drug-likeness (QED) is 0.855. The standard InChI is InChI=1S/C17H18F3N/c1-10-8-11(2)15(12(3)9-10)16(21)13-4-6-14(7-5-13)17(18,19)20/h4-9,16H,21H2,1-3H3. The van der Waals surface area contributed by atoms with E-state index >= 15 is 0 Å². The van der Waals surface area contributed by atoms with Crippen LogP contribution >= 0.6 is 0 Å². The van der Waals surface area contributed by atoms with E-state index < -0.39 is 17.8 Å². The minimum atomic E-state index is -4.32. The summed E-state index contributed by atoms with van der Waals surface area (Å²) < 4.78 is 37.8. The Kier molecular flexibility index (Phi) is 4.10. The number of alkyl halides is 3. The number of rotatable bonds is 2. The summed E-state index contributed by atoms with van der Waals surface area (Å²) >= 11 is 0. The Morgan fingerprint density at radius 3 is 1.81 bits per heavy atom. The Balaban J connectivity index is 2.39. The van der Waals surface area contributed by atoms with Gasteiger partial charge in [-0.05, 0) is 55.2 Å². The maximum atomic E-state index is 12.6. The van der Waals surface area contributed by atoms with Gasteiger partial charge in [0.15, 0.2) is 0 Å². The van der Waals surface area contributed by atoms with Crippen LogP contribution < -0.4 is 5.73 Å². The highest BCUT2D eigenvalue weighted by Gasteiger charge is 2.30. The minimum absolute atomic E-state index is 0.423. The number of halogens is 3. The van der Waals surface area contributed by atoms with Crippen molar-refractivity contribution in [3.05, 3.63) is 69.8 Å². The predicted octanol–water partition coefficient (Wildman–Crippen LogP) is 4.68. The fourth-order valence-corrected chi connectivity index (χ4v) is 2.73. The molecule has 0 bridgehead atoms. The SMILES string of the molecule is Cc1cc(C)c(C(N)c2ccc(C(F)(F)F)cc2)c(C)c1. The van der Waals surface area contributed by atoms with Crippen LogP contribution in [0.3, 0.4) is 0 Å². The van der Waals surface area contributed by atoms with Crippen LogP contribution in [-0.4, -0.2) is 0 Å². The number of aryl methyl sites for hydroxylation is 3. The third-order valence-corrected chi connectivity index (χ3v) is 3.65. The molecule has 2 aromatic rings. The van der Waals surface area contributed by atoms with E-state index in [1.807, 2.05) is 32.9 Å². The van der Waals surface area contributed by atoms with E-state index in [2.05, 4.69) is 0 Å². The molecule has 0 aliphatic heterocycles. The van der Waals surface area contributed by atoms with Crippen LogP contribution in [0.25, 0.3) is 0 Å². The van der Waals surface area contributed by atoms with Gasteiger partial charge in [0.1, 0.15) is 0 Å². The highest BCUT2D eigenvalue weighted by atomic mass is 19.4. The van der Waals surface area contributed by atoms with Crippen LogP contribution in [0.1, 0.15) is 39.4 Å². The van der Waals surface area contributed by atoms with Crippen molar-refractivity contribution in [2.24, 2.45) is 5.73 Å². The lowest BCUT2D eigenvalue weighted by Crippen LogP contribution is -2.15. The zero-order valence-electron chi connectivity index (χ0n) is 12.3. The van der Waals surface area contributed by atoms with Gasteiger partial charge in [0.05, 0.1) is 11.6 Å². The highest BCUT2D eigenvalue weighted by molar-refractivity contribution is 5.44. The van der Waals surface area contributed by atoms with Gasteiger partial charge in [0.25, 0.3) is 0 Å². The first-order valence-electron chi connectivity index (χ1n) is 6.70. The fourth-order valence-electron chi connectivity index (χ4n) is 2.73. The summed E-state index contributed by atoms with van der Waals surface area (Å²) in [5.74, 6) is 0. The Bertz CT molecular complexity index is 619. The molecule has 21 heavy (non-hydrogen) atoms. The van der Waals surface area contributed by atoms with E-state index in [4.69, 9.17) is 5.73 Å². The molecule has 1 unspecified atom stereocenters. The van der Waals surface area contributed by atoms with Gasteiger partial charge in [-0.25, -0.2) is 0 Å². The van der Waals surface area contributed by atoms with E-state index in [1.165, 1.54) is 12.1 Å². The van der Waals surface area contributed by atoms with E-state index in [9.17, 15) is 13.2 Å². The lowest BCUT2D eigenvalue weighted by atomic mass is 9.90. The van der Waals surface area contributed by atoms with Gasteiger partial charge in [-0.2, -0.15) is 13.2 Å². The van der Waals surface area contributed by atoms with E-state index in [-0.39, 0.29) is 0 Å². The largest absolute Gasteiger partial charge is 0.416 e. The Morgan fingerprint density at radius 2 is 1.38 bits per heavy atom. The molecular formula is C17H18F3N. The van der Waals surface area contributed by atoms with Crippen LogP contribution in [0, 0.1) is 20.8 Å². The molecule has 2 aromatic carbocycles. The van der Waals surface area contributed by atoms with E-state index in [0.29, 0.717) is 5.56 Å². The van der Waals surface area contributed by atoms with E-state index in [0.717, 1.165) is 34.4 Å². The molecule has 2 rings (SSSR count). The molecule has 2 N–H and O–H groups in total. The van der Waals surface area contributed by atoms with Crippen molar-refractivity contribution in [2.45, 2.75) is 33.0 Å². The summed E-state index contributed by atoms with van der Waals surface area (Å²) in [7, 11) is 0. The molecule has 0 heterocycles. The lowest BCUT2D eigenvalue weighted by molar-refractivity contribution is -0.137. The van der Waals surface area contributed by atoms with Crippen LogP contribution in [0.4, 0.5) is 13.2 Å². The second-order valence-corrected chi connectivity index (χ2v) is 5.41. The maximum absolute atomic E-state index is 12.6. The second-order valence-electron chi connectivity index (χ2n) is 5.41. The Hall–Kier alpha value is -1.81. The molecule has 0 aliphatic carbocycles. The number of hydrogen-bond donors (Lipinski definition) is 1. The Morgan fingerprint density at radius 1 is 0.905 bits per heavy atom. The van der Waals surface area contributed by atoms with Crippen molar-refractivity contribution in [2.75, 3.05) is 0 Å². The molecule has 112 valence electrons. The predicted molar refractivity (Wildman–Crippen MR) is 78.1 cm³/mol. The van der Waals surface area contributed by atoms with Crippen molar-refractivity contribution in [3.8, 4) is 0 Å². The van der Waals surface area contributed by atoms with Gasteiger partial charge >= 0.3 is 6.18 Å². The number of benzene rings is 2. The van der Waals surface area contributed by atoms with Crippen molar-refractivity contribution >= 4 is 0 Å². The summed E-state index contributed by atoms with van der Waals surface area (Å²) in [6.07, 6.45) is -4.32. The first kappa shape index (κ1) is 15.6. The molecule has 0 radical (unpaired) electrons. The average Bonchev–Trinajstić information content (AvgIpc) is 2.36. The first-order valence-corrected chi connectivity index (χ1v) is 6.70. The summed E-state index contributed by atoms with van der Waals surface area (Å²) in [6.45, 7) is 5.95. The van der Waals surface area contributed by atoms with Gasteiger partial charge in [-0.15, -0.1) is 0 Å². The minimum Gasteiger partial charge on any atom is -0.320 e. The topological polar surface area (TPSA) is 26.0 Å². The summed E-state index contributed by atoms with van der Waals surface area (Å²) in [6, 6.07) is 8.70. The zero-order chi connectivity index (χ0) is 15.8. The smallest absolute Gasteiger partial charge is 0.320 e. The van der Waals surface area contributed by atoms with Crippen LogP contribution in [0.2, 0.25) is 0 Å². The average molecular weight is 293 g/mol. The molecule has 0 aliphatic rings. The fraction of sp³-hybridized carbons (Fsp3) is 0.294. The second kappa shape index (κ2) is 5.53. The number of nitrogens with two attached hydrogens (primary N) is 1. The third kappa shape index (κ3) is 3.27. The highest BCUT2D eigenvalue weighted by Crippen LogP contribution is 2.32. The summed E-state index contributed by atoms with van der Waals surface area (Å²) in [5.41, 5.74) is 10.5. The molecule has 0 fully saturated rings. The molecule has 0 saturated heterocycles. The Labute approximate surface area is 122 Å². The normalized spacial score (nSPS) is 13.3. The van der Waals surface area contributed by atoms with E-state index in [1.54, 1.807) is 0 Å². The molecule has 1 nitrogen and oxygen atoms in total. The van der Waals surface area contributed by atoms with Crippen LogP contribution in [0.15, 0.2) is 36.4 Å². The monoisotopic (exact) mass is 293 g/mol. The summed E-state index contributed by atoms with van der Waals surface area (Å²) in [5, 5.41) is 0. The van der Waals surface area contributed by atoms with Gasteiger partial charge in [-0.3, -0.25) is 0 Å². The molecule has 0 spiro atoms. The number of hydrogen-bond acceptors (Lipinski definition) is 1. The summed E-state index contributed by atoms with van der Waals surface area (Å²) in [4.78, 5) is 0. The lowest BCUT2D eigenvalue weighted by Gasteiger charge is -2.19. The third-order valence-electron chi connectivity index (χ3n) is 3.65.